The van der Waals surface area contributed by atoms with E-state index in [9.17, 15) is 4.79 Å². The van der Waals surface area contributed by atoms with Gasteiger partial charge in [0.25, 0.3) is 0 Å². The van der Waals surface area contributed by atoms with Crippen LogP contribution in [-0.2, 0) is 4.74 Å². The number of aromatic nitrogens is 2. The standard InChI is InChI=1S/C11H19IN2O3Si/c1-11(2,3)16-10(15)14-9(8(12)7-13-14)17-18(4,5)6/h7H,1-6H3. The van der Waals surface area contributed by atoms with Gasteiger partial charge in [0.2, 0.25) is 14.2 Å². The first-order valence-electron chi connectivity index (χ1n) is 5.65. The highest BCUT2D eigenvalue weighted by atomic mass is 127. The van der Waals surface area contributed by atoms with Gasteiger partial charge in [-0.3, -0.25) is 0 Å². The van der Waals surface area contributed by atoms with Gasteiger partial charge in [0.15, 0.2) is 0 Å². The van der Waals surface area contributed by atoms with E-state index < -0.39 is 20.0 Å². The Hall–Kier alpha value is -0.573. The van der Waals surface area contributed by atoms with Crippen molar-refractivity contribution in [3.05, 3.63) is 9.77 Å². The summed E-state index contributed by atoms with van der Waals surface area (Å²) in [6.45, 7) is 11.6. The fourth-order valence-electron chi connectivity index (χ4n) is 1.13. The quantitative estimate of drug-likeness (QED) is 0.581. The van der Waals surface area contributed by atoms with E-state index in [2.05, 4.69) is 47.3 Å². The van der Waals surface area contributed by atoms with E-state index in [0.717, 1.165) is 3.57 Å². The van der Waals surface area contributed by atoms with Crippen molar-refractivity contribution in [3.63, 3.8) is 0 Å². The van der Waals surface area contributed by atoms with Gasteiger partial charge < -0.3 is 9.16 Å². The predicted molar refractivity (Wildman–Crippen MR) is 80.6 cm³/mol. The van der Waals surface area contributed by atoms with Gasteiger partial charge in [0.05, 0.1) is 9.77 Å². The van der Waals surface area contributed by atoms with Crippen LogP contribution in [0.2, 0.25) is 19.6 Å². The van der Waals surface area contributed by atoms with Crippen LogP contribution in [0, 0.1) is 3.57 Å². The van der Waals surface area contributed by atoms with Crippen LogP contribution in [-0.4, -0.2) is 29.8 Å². The smallest absolute Gasteiger partial charge is 0.438 e. The SMILES string of the molecule is CC(C)(C)OC(=O)n1ncc(I)c1O[Si](C)(C)C. The van der Waals surface area contributed by atoms with Gasteiger partial charge in [-0.05, 0) is 63.0 Å². The Morgan fingerprint density at radius 2 is 1.94 bits per heavy atom. The highest BCUT2D eigenvalue weighted by Gasteiger charge is 2.26. The molecule has 0 saturated heterocycles. The number of nitrogens with zero attached hydrogens (tertiary/aromatic N) is 2. The second-order valence-electron chi connectivity index (χ2n) is 5.90. The lowest BCUT2D eigenvalue weighted by atomic mass is 10.2. The van der Waals surface area contributed by atoms with Crippen molar-refractivity contribution in [2.24, 2.45) is 0 Å². The zero-order valence-corrected chi connectivity index (χ0v) is 14.7. The molecule has 102 valence electrons. The molecule has 0 N–H and O–H groups in total. The van der Waals surface area contributed by atoms with Gasteiger partial charge in [-0.25, -0.2) is 4.79 Å². The minimum atomic E-state index is -1.80. The molecule has 0 spiro atoms. The molecule has 0 amide bonds. The highest BCUT2D eigenvalue weighted by molar-refractivity contribution is 14.1. The molecule has 0 fully saturated rings. The molecule has 0 aliphatic heterocycles. The first kappa shape index (κ1) is 15.5. The van der Waals surface area contributed by atoms with Crippen molar-refractivity contribution in [1.82, 2.24) is 9.78 Å². The number of halogens is 1. The third-order valence-corrected chi connectivity index (χ3v) is 3.20. The Kier molecular flexibility index (Phi) is 4.47. The first-order valence-corrected chi connectivity index (χ1v) is 10.1. The molecular weight excluding hydrogens is 363 g/mol. The Morgan fingerprint density at radius 1 is 1.39 bits per heavy atom. The third kappa shape index (κ3) is 4.60. The van der Waals surface area contributed by atoms with Gasteiger partial charge in [-0.15, -0.1) is 4.68 Å². The molecule has 1 rings (SSSR count). The van der Waals surface area contributed by atoms with Crippen molar-refractivity contribution in [2.75, 3.05) is 0 Å². The van der Waals surface area contributed by atoms with Gasteiger partial charge >= 0.3 is 6.09 Å². The summed E-state index contributed by atoms with van der Waals surface area (Å²) < 4.78 is 13.1. The van der Waals surface area contributed by atoms with Crippen LogP contribution in [0.25, 0.3) is 0 Å². The topological polar surface area (TPSA) is 53.4 Å². The monoisotopic (exact) mass is 382 g/mol. The van der Waals surface area contributed by atoms with Gasteiger partial charge in [0.1, 0.15) is 5.60 Å². The molecular formula is C11H19IN2O3Si. The molecule has 0 aliphatic rings. The number of hydrogen-bond donors (Lipinski definition) is 0. The van der Waals surface area contributed by atoms with E-state index in [0.29, 0.717) is 5.88 Å². The van der Waals surface area contributed by atoms with E-state index in [1.54, 1.807) is 6.20 Å². The van der Waals surface area contributed by atoms with Crippen molar-refractivity contribution in [1.29, 1.82) is 0 Å². The van der Waals surface area contributed by atoms with Crippen LogP contribution < -0.4 is 4.43 Å². The number of carbonyl (C=O) groups excluding carboxylic acids is 1. The number of hydrogen-bond acceptors (Lipinski definition) is 4. The lowest BCUT2D eigenvalue weighted by molar-refractivity contribution is 0.0505. The number of carbonyl (C=O) groups is 1. The molecule has 1 aromatic heterocycles. The average Bonchev–Trinajstić information content (AvgIpc) is 2.42. The molecule has 0 radical (unpaired) electrons. The molecule has 1 heterocycles. The second-order valence-corrected chi connectivity index (χ2v) is 11.5. The van der Waals surface area contributed by atoms with Crippen molar-refractivity contribution in [2.45, 2.75) is 46.0 Å². The molecule has 0 bridgehead atoms. The minimum absolute atomic E-state index is 0.476. The van der Waals surface area contributed by atoms with E-state index >= 15 is 0 Å². The number of rotatable bonds is 2. The van der Waals surface area contributed by atoms with Crippen molar-refractivity contribution in [3.8, 4) is 5.88 Å². The lowest BCUT2D eigenvalue weighted by Crippen LogP contribution is -2.33. The van der Waals surface area contributed by atoms with Gasteiger partial charge in [-0.1, -0.05) is 0 Å². The summed E-state index contributed by atoms with van der Waals surface area (Å²) in [6, 6.07) is 0. The Labute approximate surface area is 122 Å². The lowest BCUT2D eigenvalue weighted by Gasteiger charge is -2.22. The first-order chi connectivity index (χ1) is 7.99. The molecule has 1 aromatic rings. The van der Waals surface area contributed by atoms with Crippen LogP contribution in [0.4, 0.5) is 4.79 Å². The summed E-state index contributed by atoms with van der Waals surface area (Å²) in [5.74, 6) is 0.476. The van der Waals surface area contributed by atoms with Crippen molar-refractivity contribution < 1.29 is 14.0 Å². The fraction of sp³-hybridized carbons (Fsp3) is 0.636. The third-order valence-electron chi connectivity index (χ3n) is 1.65. The zero-order chi connectivity index (χ0) is 14.1. The molecule has 0 unspecified atom stereocenters. The largest absolute Gasteiger partial charge is 0.530 e. The maximum atomic E-state index is 12.0. The van der Waals surface area contributed by atoms with E-state index in [-0.39, 0.29) is 0 Å². The molecule has 0 aliphatic carbocycles. The normalized spacial score (nSPS) is 12.4. The van der Waals surface area contributed by atoms with Crippen LogP contribution in [0.1, 0.15) is 20.8 Å². The highest BCUT2D eigenvalue weighted by Crippen LogP contribution is 2.24. The second kappa shape index (κ2) is 5.20. The summed E-state index contributed by atoms with van der Waals surface area (Å²) in [5, 5.41) is 4.02. The van der Waals surface area contributed by atoms with E-state index in [4.69, 9.17) is 9.16 Å². The Morgan fingerprint density at radius 3 is 2.39 bits per heavy atom. The summed E-state index contributed by atoms with van der Waals surface area (Å²) in [6.07, 6.45) is 1.08. The minimum Gasteiger partial charge on any atom is -0.530 e. The van der Waals surface area contributed by atoms with E-state index in [1.807, 2.05) is 20.8 Å². The van der Waals surface area contributed by atoms with Crippen LogP contribution in [0.3, 0.4) is 0 Å². The van der Waals surface area contributed by atoms with Crippen LogP contribution in [0.15, 0.2) is 6.20 Å². The van der Waals surface area contributed by atoms with Gasteiger partial charge in [-0.2, -0.15) is 5.10 Å². The summed E-state index contributed by atoms with van der Waals surface area (Å²) >= 11 is 2.10. The maximum absolute atomic E-state index is 12.0. The van der Waals surface area contributed by atoms with Gasteiger partial charge in [0, 0.05) is 0 Å². The number of ether oxygens (including phenoxy) is 1. The molecule has 0 saturated carbocycles. The maximum Gasteiger partial charge on any atom is 0.438 e. The Balaban J connectivity index is 3.00. The Bertz CT molecular complexity index is 446. The molecule has 7 heteroatoms. The van der Waals surface area contributed by atoms with E-state index in [1.165, 1.54) is 4.68 Å². The predicted octanol–water partition coefficient (Wildman–Crippen LogP) is 3.48. The molecule has 0 aromatic carbocycles. The molecule has 18 heavy (non-hydrogen) atoms. The fourth-order valence-corrected chi connectivity index (χ4v) is 2.58. The molecule has 0 atom stereocenters. The van der Waals surface area contributed by atoms with Crippen LogP contribution in [0.5, 0.6) is 5.88 Å². The average molecular weight is 382 g/mol. The zero-order valence-electron chi connectivity index (χ0n) is 11.6. The summed E-state index contributed by atoms with van der Waals surface area (Å²) in [7, 11) is -1.80. The van der Waals surface area contributed by atoms with Crippen molar-refractivity contribution >= 4 is 37.0 Å². The summed E-state index contributed by atoms with van der Waals surface area (Å²) in [5.41, 5.74) is -0.551. The van der Waals surface area contributed by atoms with Crippen LogP contribution >= 0.6 is 22.6 Å². The summed E-state index contributed by atoms with van der Waals surface area (Å²) in [4.78, 5) is 12.0. The molecule has 5 nitrogen and oxygen atoms in total.